The van der Waals surface area contributed by atoms with Crippen molar-refractivity contribution in [3.05, 3.63) is 69.7 Å². The molecule has 1 saturated heterocycles. The summed E-state index contributed by atoms with van der Waals surface area (Å²) in [6, 6.07) is 15.7. The summed E-state index contributed by atoms with van der Waals surface area (Å²) in [7, 11) is 0. The number of hydrogen-bond donors (Lipinski definition) is 1. The van der Waals surface area contributed by atoms with Crippen LogP contribution >= 0.6 is 15.9 Å². The molecular weight excluding hydrogens is 466 g/mol. The van der Waals surface area contributed by atoms with Gasteiger partial charge in [0.1, 0.15) is 0 Å². The van der Waals surface area contributed by atoms with E-state index in [1.807, 2.05) is 35.2 Å². The molecule has 1 saturated carbocycles. The quantitative estimate of drug-likeness (QED) is 0.643. The summed E-state index contributed by atoms with van der Waals surface area (Å²) in [4.78, 5) is 30.5. The van der Waals surface area contributed by atoms with Gasteiger partial charge in [-0.15, -0.1) is 0 Å². The summed E-state index contributed by atoms with van der Waals surface area (Å²) >= 11 is 3.45. The first kappa shape index (κ1) is 23.0. The molecule has 1 aliphatic carbocycles. The normalized spacial score (nSPS) is 18.5. The van der Waals surface area contributed by atoms with Gasteiger partial charge in [-0.05, 0) is 49.4 Å². The van der Waals surface area contributed by atoms with Crippen molar-refractivity contribution in [2.75, 3.05) is 26.2 Å². The lowest BCUT2D eigenvalue weighted by Crippen LogP contribution is -2.57. The second kappa shape index (κ2) is 10.6. The molecule has 1 N–H and O–H groups in total. The van der Waals surface area contributed by atoms with Gasteiger partial charge in [0.2, 0.25) is 5.91 Å². The number of carbonyl (C=O) groups excluding carboxylic acids is 2. The van der Waals surface area contributed by atoms with Crippen molar-refractivity contribution in [3.63, 3.8) is 0 Å². The highest BCUT2D eigenvalue weighted by molar-refractivity contribution is 9.10. The van der Waals surface area contributed by atoms with Crippen molar-refractivity contribution < 1.29 is 9.59 Å². The Labute approximate surface area is 199 Å². The van der Waals surface area contributed by atoms with E-state index >= 15 is 0 Å². The Balaban J connectivity index is 1.39. The highest BCUT2D eigenvalue weighted by Crippen LogP contribution is 2.31. The summed E-state index contributed by atoms with van der Waals surface area (Å²) in [6.07, 6.45) is 4.63. The van der Waals surface area contributed by atoms with E-state index in [2.05, 4.69) is 51.3 Å². The van der Waals surface area contributed by atoms with Crippen LogP contribution < -0.4 is 5.32 Å². The average Bonchev–Trinajstić information content (AvgIpc) is 3.32. The highest BCUT2D eigenvalue weighted by atomic mass is 79.9. The number of rotatable bonds is 6. The van der Waals surface area contributed by atoms with E-state index < -0.39 is 0 Å². The molecule has 170 valence electrons. The number of hydrogen-bond acceptors (Lipinski definition) is 3. The van der Waals surface area contributed by atoms with Crippen LogP contribution in [0.5, 0.6) is 0 Å². The Hall–Kier alpha value is -2.18. The van der Waals surface area contributed by atoms with E-state index in [0.717, 1.165) is 36.0 Å². The molecule has 2 aromatic carbocycles. The molecule has 0 bridgehead atoms. The molecule has 5 nitrogen and oxygen atoms in total. The van der Waals surface area contributed by atoms with Crippen molar-refractivity contribution in [3.8, 4) is 0 Å². The number of nitrogens with one attached hydrogen (secondary N) is 1. The fraction of sp³-hybridized carbons (Fsp3) is 0.462. The third-order valence-corrected chi connectivity index (χ3v) is 7.22. The zero-order valence-corrected chi connectivity index (χ0v) is 20.3. The van der Waals surface area contributed by atoms with Gasteiger partial charge in [0.25, 0.3) is 5.91 Å². The van der Waals surface area contributed by atoms with Crippen LogP contribution in [-0.4, -0.2) is 53.8 Å². The van der Waals surface area contributed by atoms with Crippen LogP contribution in [0, 0.1) is 12.8 Å². The van der Waals surface area contributed by atoms with Crippen LogP contribution in [-0.2, 0) is 11.3 Å². The first-order valence-corrected chi connectivity index (χ1v) is 12.4. The van der Waals surface area contributed by atoms with E-state index in [4.69, 9.17) is 0 Å². The van der Waals surface area contributed by atoms with Gasteiger partial charge in [-0.2, -0.15) is 0 Å². The molecule has 1 aliphatic heterocycles. The molecule has 1 atom stereocenters. The van der Waals surface area contributed by atoms with E-state index in [-0.39, 0.29) is 17.9 Å². The van der Waals surface area contributed by atoms with Gasteiger partial charge < -0.3 is 10.2 Å². The smallest absolute Gasteiger partial charge is 0.253 e. The Kier molecular flexibility index (Phi) is 7.63. The summed E-state index contributed by atoms with van der Waals surface area (Å²) in [6.45, 7) is 5.41. The number of piperazine rings is 1. The third kappa shape index (κ3) is 5.59. The Morgan fingerprint density at radius 1 is 1.03 bits per heavy atom. The van der Waals surface area contributed by atoms with Gasteiger partial charge in [-0.25, -0.2) is 0 Å². The molecule has 6 heteroatoms. The van der Waals surface area contributed by atoms with E-state index in [1.54, 1.807) is 0 Å². The molecule has 0 spiro atoms. The Morgan fingerprint density at radius 3 is 2.44 bits per heavy atom. The molecule has 2 aliphatic rings. The predicted molar refractivity (Wildman–Crippen MR) is 130 cm³/mol. The second-order valence-electron chi connectivity index (χ2n) is 9.03. The van der Waals surface area contributed by atoms with Gasteiger partial charge >= 0.3 is 0 Å². The van der Waals surface area contributed by atoms with Gasteiger partial charge in [-0.1, -0.05) is 64.7 Å². The summed E-state index contributed by atoms with van der Waals surface area (Å²) in [5.74, 6) is 0.595. The van der Waals surface area contributed by atoms with Gasteiger partial charge in [-0.3, -0.25) is 14.5 Å². The first-order valence-electron chi connectivity index (χ1n) is 11.6. The molecule has 2 aromatic rings. The highest BCUT2D eigenvalue weighted by Gasteiger charge is 2.37. The fourth-order valence-corrected chi connectivity index (χ4v) is 5.47. The molecular formula is C26H32BrN3O2. The van der Waals surface area contributed by atoms with Crippen LogP contribution in [0.4, 0.5) is 0 Å². The van der Waals surface area contributed by atoms with Gasteiger partial charge in [0, 0.05) is 42.8 Å². The topological polar surface area (TPSA) is 52.7 Å². The van der Waals surface area contributed by atoms with Crippen LogP contribution in [0.25, 0.3) is 0 Å². The second-order valence-corrected chi connectivity index (χ2v) is 9.95. The SMILES string of the molecule is Cc1cccc(CNC(=O)[C@@H](C2CCCC2)N2CCN(C(=O)c3cccc(Br)c3)CC2)c1. The van der Waals surface area contributed by atoms with Crippen molar-refractivity contribution in [1.82, 2.24) is 15.1 Å². The summed E-state index contributed by atoms with van der Waals surface area (Å²) in [5, 5.41) is 3.20. The molecule has 32 heavy (non-hydrogen) atoms. The number of aryl methyl sites for hydroxylation is 1. The standard InChI is InChI=1S/C26H32BrN3O2/c1-19-6-4-7-20(16-19)18-28-25(31)24(21-8-2-3-9-21)29-12-14-30(15-13-29)26(32)22-10-5-11-23(27)17-22/h4-7,10-11,16-17,21,24H,2-3,8-9,12-15,18H2,1H3,(H,28,31)/t24-/m1/s1. The van der Waals surface area contributed by atoms with Gasteiger partial charge in [0.05, 0.1) is 6.04 Å². The lowest BCUT2D eigenvalue weighted by Gasteiger charge is -2.40. The van der Waals surface area contributed by atoms with Crippen molar-refractivity contribution in [1.29, 1.82) is 0 Å². The maximum Gasteiger partial charge on any atom is 0.253 e. The van der Waals surface area contributed by atoms with E-state index in [1.165, 1.54) is 18.4 Å². The molecule has 0 radical (unpaired) electrons. The molecule has 0 unspecified atom stereocenters. The van der Waals surface area contributed by atoms with Crippen molar-refractivity contribution >= 4 is 27.7 Å². The number of amides is 2. The maximum atomic E-state index is 13.3. The molecule has 1 heterocycles. The predicted octanol–water partition coefficient (Wildman–Crippen LogP) is 4.39. The molecule has 2 amide bonds. The van der Waals surface area contributed by atoms with Crippen LogP contribution in [0.15, 0.2) is 53.0 Å². The van der Waals surface area contributed by atoms with E-state index in [0.29, 0.717) is 31.1 Å². The van der Waals surface area contributed by atoms with E-state index in [9.17, 15) is 9.59 Å². The fourth-order valence-electron chi connectivity index (χ4n) is 5.07. The van der Waals surface area contributed by atoms with Crippen LogP contribution in [0.2, 0.25) is 0 Å². The van der Waals surface area contributed by atoms with Crippen LogP contribution in [0.1, 0.15) is 47.2 Å². The van der Waals surface area contributed by atoms with Gasteiger partial charge in [0.15, 0.2) is 0 Å². The molecule has 4 rings (SSSR count). The third-order valence-electron chi connectivity index (χ3n) is 6.73. The average molecular weight is 498 g/mol. The minimum absolute atomic E-state index is 0.0623. The zero-order valence-electron chi connectivity index (χ0n) is 18.7. The minimum Gasteiger partial charge on any atom is -0.351 e. The first-order chi connectivity index (χ1) is 15.5. The number of halogens is 1. The lowest BCUT2D eigenvalue weighted by molar-refractivity contribution is -0.129. The number of benzene rings is 2. The Bertz CT molecular complexity index is 950. The lowest BCUT2D eigenvalue weighted by atomic mass is 9.94. The maximum absolute atomic E-state index is 13.3. The van der Waals surface area contributed by atoms with Crippen molar-refractivity contribution in [2.45, 2.75) is 45.2 Å². The number of nitrogens with zero attached hydrogens (tertiary/aromatic N) is 2. The number of carbonyl (C=O) groups is 2. The minimum atomic E-state index is -0.106. The summed E-state index contributed by atoms with van der Waals surface area (Å²) in [5.41, 5.74) is 3.04. The Morgan fingerprint density at radius 2 is 1.75 bits per heavy atom. The zero-order chi connectivity index (χ0) is 22.5. The van der Waals surface area contributed by atoms with Crippen molar-refractivity contribution in [2.24, 2.45) is 5.92 Å². The monoisotopic (exact) mass is 497 g/mol. The largest absolute Gasteiger partial charge is 0.351 e. The molecule has 2 fully saturated rings. The molecule has 0 aromatic heterocycles. The summed E-state index contributed by atoms with van der Waals surface area (Å²) < 4.78 is 0.911. The van der Waals surface area contributed by atoms with Crippen LogP contribution in [0.3, 0.4) is 0 Å².